The van der Waals surface area contributed by atoms with Crippen LogP contribution in [0, 0.1) is 18.6 Å². The second-order valence-corrected chi connectivity index (χ2v) is 9.47. The molecule has 2 atom stereocenters. The third kappa shape index (κ3) is 4.18. The first kappa shape index (κ1) is 22.5. The predicted molar refractivity (Wildman–Crippen MR) is 124 cm³/mol. The van der Waals surface area contributed by atoms with Crippen LogP contribution in [0.4, 0.5) is 19.3 Å². The molecule has 6 nitrogen and oxygen atoms in total. The van der Waals surface area contributed by atoms with Gasteiger partial charge in [0.2, 0.25) is 0 Å². The van der Waals surface area contributed by atoms with Gasteiger partial charge in [-0.25, -0.2) is 13.6 Å². The Morgan fingerprint density at radius 1 is 1.12 bits per heavy atom. The lowest BCUT2D eigenvalue weighted by molar-refractivity contribution is 0.0972. The molecule has 2 aliphatic rings. The summed E-state index contributed by atoms with van der Waals surface area (Å²) >= 11 is 0. The second-order valence-electron chi connectivity index (χ2n) is 9.47. The molecule has 178 valence electrons. The van der Waals surface area contributed by atoms with Crippen molar-refractivity contribution in [3.63, 3.8) is 0 Å². The number of piperidine rings is 1. The fourth-order valence-electron chi connectivity index (χ4n) is 5.43. The molecular weight excluding hydrogens is 438 g/mol. The zero-order valence-electron chi connectivity index (χ0n) is 19.4. The molecule has 0 bridgehead atoms. The van der Waals surface area contributed by atoms with E-state index in [0.29, 0.717) is 61.7 Å². The number of aryl methyl sites for hydroxylation is 1. The molecule has 0 saturated carbocycles. The van der Waals surface area contributed by atoms with E-state index >= 15 is 0 Å². The smallest absolute Gasteiger partial charge is 0.325 e. The van der Waals surface area contributed by atoms with Crippen molar-refractivity contribution >= 4 is 11.7 Å². The Morgan fingerprint density at radius 2 is 1.94 bits per heavy atom. The van der Waals surface area contributed by atoms with Gasteiger partial charge in [-0.05, 0) is 51.0 Å². The van der Waals surface area contributed by atoms with Crippen LogP contribution in [0.5, 0.6) is 0 Å². The van der Waals surface area contributed by atoms with E-state index in [9.17, 15) is 13.6 Å². The lowest BCUT2D eigenvalue weighted by Crippen LogP contribution is -2.57. The quantitative estimate of drug-likeness (QED) is 0.523. The molecule has 3 heterocycles. The van der Waals surface area contributed by atoms with Crippen molar-refractivity contribution in [2.75, 3.05) is 18.0 Å². The first-order chi connectivity index (χ1) is 16.3. The summed E-state index contributed by atoms with van der Waals surface area (Å²) in [4.78, 5) is 19.4. The molecule has 5 rings (SSSR count). The van der Waals surface area contributed by atoms with E-state index in [1.165, 1.54) is 18.2 Å². The molecule has 2 saturated heterocycles. The summed E-state index contributed by atoms with van der Waals surface area (Å²) in [5, 5.41) is 4.05. The van der Waals surface area contributed by atoms with Crippen LogP contribution in [0.15, 0.2) is 59.1 Å². The minimum atomic E-state index is -0.491. The number of hydrogen-bond donors (Lipinski definition) is 0. The molecule has 2 fully saturated rings. The standard InChI is InChI=1S/C26H28F2N4O2/c1-18-14-26(10-11-30(18)15-20-6-3-4-9-24(20)28)17-31(16-22-12-19(2)34-29-22)25(33)32(26)23-8-5-7-21(27)13-23/h3-9,12-13,18H,10-11,14-17H2,1-2H3/t18-,26+/m0/s1. The summed E-state index contributed by atoms with van der Waals surface area (Å²) in [5.41, 5.74) is 1.41. The number of likely N-dealkylation sites (tertiary alicyclic amines) is 1. The van der Waals surface area contributed by atoms with Gasteiger partial charge in [-0.2, -0.15) is 0 Å². The van der Waals surface area contributed by atoms with Gasteiger partial charge in [0.05, 0.1) is 12.1 Å². The second kappa shape index (κ2) is 8.83. The van der Waals surface area contributed by atoms with Crippen LogP contribution >= 0.6 is 0 Å². The van der Waals surface area contributed by atoms with Crippen molar-refractivity contribution < 1.29 is 18.1 Å². The third-order valence-electron chi connectivity index (χ3n) is 7.01. The molecule has 1 aromatic heterocycles. The summed E-state index contributed by atoms with van der Waals surface area (Å²) in [7, 11) is 0. The fourth-order valence-corrected chi connectivity index (χ4v) is 5.43. The maximum Gasteiger partial charge on any atom is 0.325 e. The Morgan fingerprint density at radius 3 is 2.65 bits per heavy atom. The van der Waals surface area contributed by atoms with Crippen LogP contribution in [0.2, 0.25) is 0 Å². The van der Waals surface area contributed by atoms with Crippen molar-refractivity contribution in [1.29, 1.82) is 0 Å². The predicted octanol–water partition coefficient (Wildman–Crippen LogP) is 5.13. The van der Waals surface area contributed by atoms with Gasteiger partial charge in [0.1, 0.15) is 23.1 Å². The summed E-state index contributed by atoms with van der Waals surface area (Å²) in [5.74, 6) is 0.103. The number of urea groups is 1. The van der Waals surface area contributed by atoms with Crippen molar-refractivity contribution in [2.24, 2.45) is 0 Å². The number of nitrogens with zero attached hydrogens (tertiary/aromatic N) is 4. The molecule has 0 radical (unpaired) electrons. The first-order valence-corrected chi connectivity index (χ1v) is 11.6. The van der Waals surface area contributed by atoms with Gasteiger partial charge in [-0.1, -0.05) is 29.4 Å². The number of carbonyl (C=O) groups excluding carboxylic acids is 1. The Labute approximate surface area is 197 Å². The summed E-state index contributed by atoms with van der Waals surface area (Å²) < 4.78 is 33.6. The highest BCUT2D eigenvalue weighted by Gasteiger charge is 2.53. The molecule has 8 heteroatoms. The summed E-state index contributed by atoms with van der Waals surface area (Å²) in [6.07, 6.45) is 1.39. The summed E-state index contributed by atoms with van der Waals surface area (Å²) in [6.45, 7) is 5.98. The van der Waals surface area contributed by atoms with Crippen LogP contribution < -0.4 is 4.90 Å². The zero-order valence-corrected chi connectivity index (χ0v) is 19.4. The van der Waals surface area contributed by atoms with E-state index in [-0.39, 0.29) is 23.7 Å². The first-order valence-electron chi connectivity index (χ1n) is 11.6. The number of rotatable bonds is 5. The number of halogens is 2. The van der Waals surface area contributed by atoms with Crippen LogP contribution in [0.25, 0.3) is 0 Å². The van der Waals surface area contributed by atoms with Crippen LogP contribution in [0.1, 0.15) is 36.8 Å². The van der Waals surface area contributed by atoms with Gasteiger partial charge in [-0.3, -0.25) is 9.80 Å². The maximum atomic E-state index is 14.3. The molecular formula is C26H28F2N4O2. The number of amides is 2. The van der Waals surface area contributed by atoms with E-state index in [1.54, 1.807) is 28.0 Å². The van der Waals surface area contributed by atoms with Gasteiger partial charge < -0.3 is 9.42 Å². The largest absolute Gasteiger partial charge is 0.361 e. The zero-order chi connectivity index (χ0) is 23.9. The maximum absolute atomic E-state index is 14.3. The Balaban J connectivity index is 1.42. The van der Waals surface area contributed by atoms with E-state index in [1.807, 2.05) is 25.1 Å². The molecule has 0 unspecified atom stereocenters. The van der Waals surface area contributed by atoms with Crippen molar-refractivity contribution in [2.45, 2.75) is 51.4 Å². The number of benzene rings is 2. The lowest BCUT2D eigenvalue weighted by atomic mass is 9.82. The number of aromatic nitrogens is 1. The van der Waals surface area contributed by atoms with Gasteiger partial charge in [0, 0.05) is 43.0 Å². The Bertz CT molecular complexity index is 1200. The minimum Gasteiger partial charge on any atom is -0.361 e. The van der Waals surface area contributed by atoms with Gasteiger partial charge in [0.15, 0.2) is 0 Å². The molecule has 3 aromatic rings. The SMILES string of the molecule is Cc1cc(CN2C[C@]3(CCN(Cc4ccccc4F)[C@@H](C)C3)N(c3cccc(F)c3)C2=O)no1. The van der Waals surface area contributed by atoms with E-state index in [0.717, 1.165) is 0 Å². The molecule has 34 heavy (non-hydrogen) atoms. The van der Waals surface area contributed by atoms with E-state index in [2.05, 4.69) is 17.0 Å². The molecule has 0 aliphatic carbocycles. The fraction of sp³-hybridized carbons (Fsp3) is 0.385. The Kier molecular flexibility index (Phi) is 5.85. The van der Waals surface area contributed by atoms with Gasteiger partial charge in [-0.15, -0.1) is 0 Å². The third-order valence-corrected chi connectivity index (χ3v) is 7.01. The normalized spacial score (nSPS) is 23.3. The van der Waals surface area contributed by atoms with E-state index < -0.39 is 5.54 Å². The van der Waals surface area contributed by atoms with Gasteiger partial charge >= 0.3 is 6.03 Å². The minimum absolute atomic E-state index is 0.103. The molecule has 0 N–H and O–H groups in total. The topological polar surface area (TPSA) is 52.8 Å². The summed E-state index contributed by atoms with van der Waals surface area (Å²) in [6, 6.07) is 14.8. The molecule has 2 aliphatic heterocycles. The molecule has 2 amide bonds. The number of hydrogen-bond acceptors (Lipinski definition) is 4. The average molecular weight is 467 g/mol. The highest BCUT2D eigenvalue weighted by Crippen LogP contribution is 2.42. The Hall–Kier alpha value is -3.26. The van der Waals surface area contributed by atoms with E-state index in [4.69, 9.17) is 4.52 Å². The lowest BCUT2D eigenvalue weighted by Gasteiger charge is -2.47. The van der Waals surface area contributed by atoms with Crippen LogP contribution in [-0.2, 0) is 13.1 Å². The molecule has 1 spiro atoms. The van der Waals surface area contributed by atoms with Crippen LogP contribution in [-0.4, -0.2) is 45.7 Å². The number of anilines is 1. The van der Waals surface area contributed by atoms with Crippen molar-refractivity contribution in [1.82, 2.24) is 15.0 Å². The molecule has 2 aromatic carbocycles. The van der Waals surface area contributed by atoms with Gasteiger partial charge in [0.25, 0.3) is 0 Å². The van der Waals surface area contributed by atoms with Crippen molar-refractivity contribution in [3.8, 4) is 0 Å². The van der Waals surface area contributed by atoms with Crippen LogP contribution in [0.3, 0.4) is 0 Å². The van der Waals surface area contributed by atoms with Crippen molar-refractivity contribution in [3.05, 3.63) is 83.2 Å². The number of carbonyl (C=O) groups is 1. The monoisotopic (exact) mass is 466 g/mol. The highest BCUT2D eigenvalue weighted by atomic mass is 19.1. The highest BCUT2D eigenvalue weighted by molar-refractivity contribution is 5.96. The average Bonchev–Trinajstić information content (AvgIpc) is 3.32.